The highest BCUT2D eigenvalue weighted by Gasteiger charge is 2.28. The van der Waals surface area contributed by atoms with Crippen molar-refractivity contribution in [1.29, 1.82) is 0 Å². The Kier molecular flexibility index (Phi) is 6.73. The number of amides is 2. The van der Waals surface area contributed by atoms with Crippen LogP contribution in [0.25, 0.3) is 0 Å². The molecule has 1 heterocycles. The van der Waals surface area contributed by atoms with E-state index in [-0.39, 0.29) is 36.1 Å². The highest BCUT2D eigenvalue weighted by atomic mass is 19.1. The average molecular weight is 336 g/mol. The maximum absolute atomic E-state index is 13.0. The van der Waals surface area contributed by atoms with E-state index < -0.39 is 0 Å². The molecule has 132 valence electrons. The zero-order chi connectivity index (χ0) is 17.5. The number of carbonyl (C=O) groups excluding carboxylic acids is 2. The maximum atomic E-state index is 13.0. The summed E-state index contributed by atoms with van der Waals surface area (Å²) in [5, 5.41) is 11.8. The second-order valence-electron chi connectivity index (χ2n) is 6.46. The summed E-state index contributed by atoms with van der Waals surface area (Å²) in [4.78, 5) is 26.4. The molecule has 24 heavy (non-hydrogen) atoms. The molecule has 2 unspecified atom stereocenters. The highest BCUT2D eigenvalue weighted by Crippen LogP contribution is 2.19. The van der Waals surface area contributed by atoms with E-state index in [0.29, 0.717) is 31.6 Å². The van der Waals surface area contributed by atoms with Gasteiger partial charge in [-0.05, 0) is 49.4 Å². The number of nitrogens with zero attached hydrogens (tertiary/aromatic N) is 1. The number of likely N-dealkylation sites (tertiary alicyclic amines) is 1. The molecule has 1 aliphatic rings. The Morgan fingerprint density at radius 2 is 2.08 bits per heavy atom. The molecule has 2 N–H and O–H groups in total. The molecule has 2 amide bonds. The number of piperidine rings is 1. The van der Waals surface area contributed by atoms with Crippen LogP contribution in [0.5, 0.6) is 0 Å². The Hall–Kier alpha value is -1.95. The lowest BCUT2D eigenvalue weighted by molar-refractivity contribution is -0.126. The zero-order valence-electron chi connectivity index (χ0n) is 14.0. The number of carbonyl (C=O) groups is 2. The van der Waals surface area contributed by atoms with Gasteiger partial charge in [0.2, 0.25) is 5.91 Å². The number of rotatable bonds is 6. The molecule has 0 aromatic heterocycles. The third kappa shape index (κ3) is 5.03. The van der Waals surface area contributed by atoms with Crippen molar-refractivity contribution in [2.75, 3.05) is 26.2 Å². The summed E-state index contributed by atoms with van der Waals surface area (Å²) in [6.45, 7) is 3.61. The van der Waals surface area contributed by atoms with Gasteiger partial charge in [0.1, 0.15) is 5.82 Å². The van der Waals surface area contributed by atoms with Crippen molar-refractivity contribution < 1.29 is 19.1 Å². The predicted octanol–water partition coefficient (Wildman–Crippen LogP) is 1.81. The Morgan fingerprint density at radius 1 is 1.38 bits per heavy atom. The quantitative estimate of drug-likeness (QED) is 0.832. The van der Waals surface area contributed by atoms with Crippen LogP contribution in [0.2, 0.25) is 0 Å². The highest BCUT2D eigenvalue weighted by molar-refractivity contribution is 5.94. The lowest BCUT2D eigenvalue weighted by Crippen LogP contribution is -2.46. The molecule has 2 rings (SSSR count). The molecule has 1 saturated heterocycles. The van der Waals surface area contributed by atoms with E-state index in [4.69, 9.17) is 5.11 Å². The topological polar surface area (TPSA) is 69.6 Å². The summed E-state index contributed by atoms with van der Waals surface area (Å²) >= 11 is 0. The van der Waals surface area contributed by atoms with Crippen molar-refractivity contribution in [2.24, 2.45) is 11.8 Å². The van der Waals surface area contributed by atoms with Gasteiger partial charge >= 0.3 is 0 Å². The number of hydrogen-bond donors (Lipinski definition) is 2. The van der Waals surface area contributed by atoms with Crippen LogP contribution >= 0.6 is 0 Å². The number of benzene rings is 1. The summed E-state index contributed by atoms with van der Waals surface area (Å²) in [5.74, 6) is -0.582. The minimum atomic E-state index is -0.376. The minimum Gasteiger partial charge on any atom is -0.396 e. The molecule has 5 nitrogen and oxygen atoms in total. The van der Waals surface area contributed by atoms with E-state index in [1.54, 1.807) is 4.90 Å². The third-order valence-electron chi connectivity index (χ3n) is 4.42. The van der Waals surface area contributed by atoms with E-state index in [1.807, 2.05) is 6.92 Å². The normalized spacial score (nSPS) is 19.0. The lowest BCUT2D eigenvalue weighted by Gasteiger charge is -2.32. The second kappa shape index (κ2) is 8.78. The molecule has 6 heteroatoms. The Bertz CT molecular complexity index is 562. The van der Waals surface area contributed by atoms with E-state index in [0.717, 1.165) is 12.8 Å². The standard InChI is InChI=1S/C18H25FN2O3/c1-13(8-10-22)11-20-17(23)15-3-2-9-21(12-15)18(24)14-4-6-16(19)7-5-14/h4-7,13,15,22H,2-3,8-12H2,1H3,(H,20,23). The molecule has 0 radical (unpaired) electrons. The molecule has 2 atom stereocenters. The van der Waals surface area contributed by atoms with Gasteiger partial charge in [-0.15, -0.1) is 0 Å². The first-order valence-corrected chi connectivity index (χ1v) is 8.44. The van der Waals surface area contributed by atoms with Gasteiger partial charge in [-0.1, -0.05) is 6.92 Å². The van der Waals surface area contributed by atoms with Gasteiger partial charge in [-0.2, -0.15) is 0 Å². The maximum Gasteiger partial charge on any atom is 0.253 e. The van der Waals surface area contributed by atoms with Crippen LogP contribution in [0.3, 0.4) is 0 Å². The van der Waals surface area contributed by atoms with Crippen LogP contribution in [0, 0.1) is 17.7 Å². The van der Waals surface area contributed by atoms with Crippen LogP contribution in [0.1, 0.15) is 36.5 Å². The van der Waals surface area contributed by atoms with Gasteiger partial charge < -0.3 is 15.3 Å². The fraction of sp³-hybridized carbons (Fsp3) is 0.556. The van der Waals surface area contributed by atoms with Crippen molar-refractivity contribution >= 4 is 11.8 Å². The lowest BCUT2D eigenvalue weighted by atomic mass is 9.96. The molecular weight excluding hydrogens is 311 g/mol. The van der Waals surface area contributed by atoms with Crippen LogP contribution in [0.15, 0.2) is 24.3 Å². The van der Waals surface area contributed by atoms with Crippen molar-refractivity contribution in [3.63, 3.8) is 0 Å². The van der Waals surface area contributed by atoms with E-state index in [2.05, 4.69) is 5.32 Å². The van der Waals surface area contributed by atoms with Crippen molar-refractivity contribution in [2.45, 2.75) is 26.2 Å². The van der Waals surface area contributed by atoms with Crippen molar-refractivity contribution in [3.05, 3.63) is 35.6 Å². The smallest absolute Gasteiger partial charge is 0.253 e. The minimum absolute atomic E-state index is 0.0450. The molecular formula is C18H25FN2O3. The largest absolute Gasteiger partial charge is 0.396 e. The Balaban J connectivity index is 1.90. The van der Waals surface area contributed by atoms with Gasteiger partial charge in [0, 0.05) is 31.8 Å². The SMILES string of the molecule is CC(CCO)CNC(=O)C1CCCN(C(=O)c2ccc(F)cc2)C1. The second-order valence-corrected chi connectivity index (χ2v) is 6.46. The van der Waals surface area contributed by atoms with Crippen molar-refractivity contribution in [3.8, 4) is 0 Å². The number of aliphatic hydroxyl groups excluding tert-OH is 1. The molecule has 1 aromatic carbocycles. The fourth-order valence-corrected chi connectivity index (χ4v) is 2.89. The molecule has 0 bridgehead atoms. The van der Waals surface area contributed by atoms with Gasteiger partial charge in [0.15, 0.2) is 0 Å². The van der Waals surface area contributed by atoms with E-state index >= 15 is 0 Å². The Labute approximate surface area is 141 Å². The van der Waals surface area contributed by atoms with Gasteiger partial charge in [-0.25, -0.2) is 4.39 Å². The van der Waals surface area contributed by atoms with Crippen molar-refractivity contribution in [1.82, 2.24) is 10.2 Å². The molecule has 1 aromatic rings. The molecule has 0 saturated carbocycles. The molecule has 1 fully saturated rings. The monoisotopic (exact) mass is 336 g/mol. The van der Waals surface area contributed by atoms with Gasteiger partial charge in [-0.3, -0.25) is 9.59 Å². The molecule has 0 aliphatic carbocycles. The first kappa shape index (κ1) is 18.4. The third-order valence-corrected chi connectivity index (χ3v) is 4.42. The Morgan fingerprint density at radius 3 is 2.75 bits per heavy atom. The summed E-state index contributed by atoms with van der Waals surface area (Å²) in [6, 6.07) is 5.48. The van der Waals surface area contributed by atoms with E-state index in [1.165, 1.54) is 24.3 Å². The number of nitrogens with one attached hydrogen (secondary N) is 1. The molecule has 0 spiro atoms. The zero-order valence-corrected chi connectivity index (χ0v) is 14.0. The van der Waals surface area contributed by atoms with Crippen LogP contribution in [-0.2, 0) is 4.79 Å². The van der Waals surface area contributed by atoms with Crippen LogP contribution in [0.4, 0.5) is 4.39 Å². The summed E-state index contributed by atoms with van der Waals surface area (Å²) < 4.78 is 13.0. The number of halogens is 1. The number of hydrogen-bond acceptors (Lipinski definition) is 3. The predicted molar refractivity (Wildman–Crippen MR) is 88.9 cm³/mol. The van der Waals surface area contributed by atoms with Gasteiger partial charge in [0.05, 0.1) is 5.92 Å². The molecule has 1 aliphatic heterocycles. The van der Waals surface area contributed by atoms with Crippen LogP contribution in [-0.4, -0.2) is 48.1 Å². The summed E-state index contributed by atoms with van der Waals surface area (Å²) in [6.07, 6.45) is 2.19. The fourth-order valence-electron chi connectivity index (χ4n) is 2.89. The van der Waals surface area contributed by atoms with E-state index in [9.17, 15) is 14.0 Å². The first-order chi connectivity index (χ1) is 11.5. The number of aliphatic hydroxyl groups is 1. The average Bonchev–Trinajstić information content (AvgIpc) is 2.60. The first-order valence-electron chi connectivity index (χ1n) is 8.44. The van der Waals surface area contributed by atoms with Crippen LogP contribution < -0.4 is 5.32 Å². The van der Waals surface area contributed by atoms with Gasteiger partial charge in [0.25, 0.3) is 5.91 Å². The summed E-state index contributed by atoms with van der Waals surface area (Å²) in [7, 11) is 0. The summed E-state index contributed by atoms with van der Waals surface area (Å²) in [5.41, 5.74) is 0.439.